The van der Waals surface area contributed by atoms with Gasteiger partial charge in [-0.05, 0) is 36.4 Å². The van der Waals surface area contributed by atoms with Gasteiger partial charge < -0.3 is 18.6 Å². The molecule has 0 spiro atoms. The Labute approximate surface area is 184 Å². The molecule has 0 aliphatic rings. The van der Waals surface area contributed by atoms with E-state index in [0.717, 1.165) is 22.5 Å². The maximum absolute atomic E-state index is 5.93. The highest BCUT2D eigenvalue weighted by Crippen LogP contribution is 2.41. The van der Waals surface area contributed by atoms with Crippen molar-refractivity contribution in [1.29, 1.82) is 0 Å². The van der Waals surface area contributed by atoms with E-state index in [4.69, 9.17) is 18.6 Å². The fraction of sp³-hybridized carbons (Fsp3) is 0.125. The average molecular weight is 428 g/mol. The lowest BCUT2D eigenvalue weighted by Gasteiger charge is -2.12. The van der Waals surface area contributed by atoms with Gasteiger partial charge in [-0.25, -0.2) is 4.98 Å². The molecule has 3 aromatic heterocycles. The highest BCUT2D eigenvalue weighted by atomic mass is 16.5. The molecule has 0 radical (unpaired) electrons. The molecular weight excluding hydrogens is 408 g/mol. The van der Waals surface area contributed by atoms with Crippen LogP contribution in [0.1, 0.15) is 0 Å². The fourth-order valence-electron chi connectivity index (χ4n) is 3.58. The van der Waals surface area contributed by atoms with Crippen LogP contribution in [-0.2, 0) is 0 Å². The molecule has 3 heterocycles. The summed E-state index contributed by atoms with van der Waals surface area (Å²) >= 11 is 0. The van der Waals surface area contributed by atoms with Gasteiger partial charge in [-0.2, -0.15) is 0 Å². The van der Waals surface area contributed by atoms with Crippen molar-refractivity contribution in [3.63, 3.8) is 0 Å². The van der Waals surface area contributed by atoms with Crippen molar-refractivity contribution < 1.29 is 18.6 Å². The predicted octanol–water partition coefficient (Wildman–Crippen LogP) is 4.74. The molecule has 160 valence electrons. The standard InChI is InChI=1S/C24H20N4O4/c1-29-19-12-17(13-20(30-2)21(19)31-3)24-27-26-23(32-24)16-9-7-15(8-10-16)22-25-14-18-6-4-5-11-28(18)22/h4-14H,1-3H3. The summed E-state index contributed by atoms with van der Waals surface area (Å²) in [4.78, 5) is 4.54. The summed E-state index contributed by atoms with van der Waals surface area (Å²) in [7, 11) is 4.68. The smallest absolute Gasteiger partial charge is 0.248 e. The number of benzene rings is 2. The maximum atomic E-state index is 5.93. The van der Waals surface area contributed by atoms with E-state index in [9.17, 15) is 0 Å². The molecule has 0 saturated heterocycles. The monoisotopic (exact) mass is 428 g/mol. The van der Waals surface area contributed by atoms with Crippen molar-refractivity contribution >= 4 is 5.52 Å². The van der Waals surface area contributed by atoms with Crippen molar-refractivity contribution in [2.24, 2.45) is 0 Å². The van der Waals surface area contributed by atoms with Crippen LogP contribution in [0.15, 0.2) is 71.4 Å². The average Bonchev–Trinajstić information content (AvgIpc) is 3.51. The molecular formula is C24H20N4O4. The second kappa shape index (κ2) is 8.07. The minimum absolute atomic E-state index is 0.350. The zero-order valence-corrected chi connectivity index (χ0v) is 17.8. The predicted molar refractivity (Wildman–Crippen MR) is 119 cm³/mol. The van der Waals surface area contributed by atoms with E-state index >= 15 is 0 Å². The summed E-state index contributed by atoms with van der Waals surface area (Å²) in [5.41, 5.74) is 3.50. The van der Waals surface area contributed by atoms with Gasteiger partial charge >= 0.3 is 0 Å². The van der Waals surface area contributed by atoms with Crippen molar-refractivity contribution in [2.75, 3.05) is 21.3 Å². The SMILES string of the molecule is COc1cc(-c2nnc(-c3ccc(-c4ncc5ccccn45)cc3)o2)cc(OC)c1OC. The summed E-state index contributed by atoms with van der Waals surface area (Å²) in [6.07, 6.45) is 3.85. The largest absolute Gasteiger partial charge is 0.493 e. The summed E-state index contributed by atoms with van der Waals surface area (Å²) in [6, 6.07) is 17.4. The third-order valence-corrected chi connectivity index (χ3v) is 5.17. The quantitative estimate of drug-likeness (QED) is 0.386. The van der Waals surface area contributed by atoms with E-state index < -0.39 is 0 Å². The first-order valence-corrected chi connectivity index (χ1v) is 9.88. The van der Waals surface area contributed by atoms with Gasteiger partial charge in [-0.3, -0.25) is 4.40 Å². The molecule has 0 aliphatic heterocycles. The molecule has 8 nitrogen and oxygen atoms in total. The first kappa shape index (κ1) is 19.6. The van der Waals surface area contributed by atoms with Gasteiger partial charge in [0.2, 0.25) is 17.5 Å². The molecule has 2 aromatic carbocycles. The Morgan fingerprint density at radius 3 is 2.06 bits per heavy atom. The van der Waals surface area contributed by atoms with Gasteiger partial charge in [0.1, 0.15) is 5.82 Å². The van der Waals surface area contributed by atoms with Crippen LogP contribution < -0.4 is 14.2 Å². The van der Waals surface area contributed by atoms with E-state index in [-0.39, 0.29) is 0 Å². The van der Waals surface area contributed by atoms with Crippen LogP contribution in [0.5, 0.6) is 17.2 Å². The first-order chi connectivity index (χ1) is 15.7. The Bertz CT molecular complexity index is 1360. The molecule has 0 aliphatic carbocycles. The summed E-state index contributed by atoms with van der Waals surface area (Å²) in [5, 5.41) is 8.41. The van der Waals surface area contributed by atoms with E-state index in [1.807, 2.05) is 59.3 Å². The molecule has 8 heteroatoms. The maximum Gasteiger partial charge on any atom is 0.248 e. The Morgan fingerprint density at radius 2 is 1.41 bits per heavy atom. The summed E-state index contributed by atoms with van der Waals surface area (Å²) in [6.45, 7) is 0. The normalized spacial score (nSPS) is 11.0. The molecule has 0 amide bonds. The molecule has 0 atom stereocenters. The van der Waals surface area contributed by atoms with Crippen LogP contribution in [-0.4, -0.2) is 40.9 Å². The van der Waals surface area contributed by atoms with Crippen LogP contribution in [0.2, 0.25) is 0 Å². The van der Waals surface area contributed by atoms with Crippen LogP contribution in [0.4, 0.5) is 0 Å². The van der Waals surface area contributed by atoms with Crippen LogP contribution in [0.25, 0.3) is 39.8 Å². The third kappa shape index (κ3) is 3.31. The molecule has 0 saturated carbocycles. The van der Waals surface area contributed by atoms with Crippen molar-refractivity contribution in [3.05, 3.63) is 67.0 Å². The summed E-state index contributed by atoms with van der Waals surface area (Å²) in [5.74, 6) is 3.16. The fourth-order valence-corrected chi connectivity index (χ4v) is 3.58. The highest BCUT2D eigenvalue weighted by molar-refractivity contribution is 5.68. The number of hydrogen-bond acceptors (Lipinski definition) is 7. The van der Waals surface area contributed by atoms with E-state index in [0.29, 0.717) is 34.6 Å². The zero-order valence-electron chi connectivity index (χ0n) is 17.8. The van der Waals surface area contributed by atoms with Crippen LogP contribution in [0.3, 0.4) is 0 Å². The topological polar surface area (TPSA) is 83.9 Å². The number of pyridine rings is 1. The number of rotatable bonds is 6. The number of fused-ring (bicyclic) bond motifs is 1. The van der Waals surface area contributed by atoms with Gasteiger partial charge in [-0.15, -0.1) is 10.2 Å². The first-order valence-electron chi connectivity index (χ1n) is 9.88. The second-order valence-electron chi connectivity index (χ2n) is 6.98. The van der Waals surface area contributed by atoms with Gasteiger partial charge in [0, 0.05) is 22.9 Å². The Balaban J connectivity index is 1.46. The Morgan fingerprint density at radius 1 is 0.750 bits per heavy atom. The number of aromatic nitrogens is 4. The van der Waals surface area contributed by atoms with Crippen molar-refractivity contribution in [1.82, 2.24) is 19.6 Å². The van der Waals surface area contributed by atoms with E-state index in [1.54, 1.807) is 33.5 Å². The molecule has 0 N–H and O–H groups in total. The van der Waals surface area contributed by atoms with Gasteiger partial charge in [0.05, 0.1) is 33.0 Å². The lowest BCUT2D eigenvalue weighted by molar-refractivity contribution is 0.324. The van der Waals surface area contributed by atoms with Gasteiger partial charge in [0.15, 0.2) is 11.5 Å². The Hall–Kier alpha value is -4.33. The third-order valence-electron chi connectivity index (χ3n) is 5.17. The van der Waals surface area contributed by atoms with Gasteiger partial charge in [0.25, 0.3) is 0 Å². The lowest BCUT2D eigenvalue weighted by Crippen LogP contribution is -1.95. The second-order valence-corrected chi connectivity index (χ2v) is 6.98. The van der Waals surface area contributed by atoms with Crippen LogP contribution >= 0.6 is 0 Å². The van der Waals surface area contributed by atoms with E-state index in [1.165, 1.54) is 0 Å². The number of methoxy groups -OCH3 is 3. The van der Waals surface area contributed by atoms with Crippen molar-refractivity contribution in [3.8, 4) is 51.5 Å². The number of nitrogens with zero attached hydrogens (tertiary/aromatic N) is 4. The lowest BCUT2D eigenvalue weighted by atomic mass is 10.1. The minimum atomic E-state index is 0.350. The molecule has 5 rings (SSSR count). The highest BCUT2D eigenvalue weighted by Gasteiger charge is 2.18. The molecule has 0 fully saturated rings. The van der Waals surface area contributed by atoms with Gasteiger partial charge in [-0.1, -0.05) is 18.2 Å². The molecule has 0 bridgehead atoms. The van der Waals surface area contributed by atoms with Crippen LogP contribution in [0, 0.1) is 0 Å². The van der Waals surface area contributed by atoms with E-state index in [2.05, 4.69) is 15.2 Å². The zero-order chi connectivity index (χ0) is 22.1. The Kier molecular flexibility index (Phi) is 4.95. The number of hydrogen-bond donors (Lipinski definition) is 0. The van der Waals surface area contributed by atoms with Crippen molar-refractivity contribution in [2.45, 2.75) is 0 Å². The number of ether oxygens (including phenoxy) is 3. The number of imidazole rings is 1. The summed E-state index contributed by atoms with van der Waals surface area (Å²) < 4.78 is 24.2. The molecule has 0 unspecified atom stereocenters. The molecule has 5 aromatic rings. The minimum Gasteiger partial charge on any atom is -0.493 e. The molecule has 32 heavy (non-hydrogen) atoms.